The van der Waals surface area contributed by atoms with Crippen LogP contribution in [0, 0.1) is 0 Å². The standard InChI is InChI=1S/C4H6O2.C4H8/c1-2-3-4(5)6;1-3-4-2/h2-3H,1H3,(H,5,6);3-4H,1-2H3/b3-2-;4-3-. The zero-order chi connectivity index (χ0) is 8.41. The lowest BCUT2D eigenvalue weighted by Crippen LogP contribution is -1.83. The first-order chi connectivity index (χ1) is 4.68. The van der Waals surface area contributed by atoms with Gasteiger partial charge in [-0.3, -0.25) is 0 Å². The molecular weight excluding hydrogens is 128 g/mol. The van der Waals surface area contributed by atoms with Crippen molar-refractivity contribution in [2.45, 2.75) is 20.8 Å². The third-order valence-electron chi connectivity index (χ3n) is 0.643. The zero-order valence-electron chi connectivity index (χ0n) is 6.66. The molecule has 0 aromatic carbocycles. The van der Waals surface area contributed by atoms with E-state index < -0.39 is 5.97 Å². The van der Waals surface area contributed by atoms with Gasteiger partial charge in [0.05, 0.1) is 0 Å². The molecule has 0 spiro atoms. The van der Waals surface area contributed by atoms with Gasteiger partial charge in [-0.2, -0.15) is 0 Å². The molecule has 0 aromatic rings. The Morgan fingerprint density at radius 1 is 1.10 bits per heavy atom. The Morgan fingerprint density at radius 3 is 1.50 bits per heavy atom. The highest BCUT2D eigenvalue weighted by molar-refractivity contribution is 5.79. The number of hydrogen-bond acceptors (Lipinski definition) is 1. The molecule has 0 amide bonds. The number of carbonyl (C=O) groups is 1. The van der Waals surface area contributed by atoms with Crippen molar-refractivity contribution >= 4 is 5.97 Å². The van der Waals surface area contributed by atoms with Crippen molar-refractivity contribution < 1.29 is 9.90 Å². The molecule has 0 rings (SSSR count). The Labute approximate surface area is 61.9 Å². The van der Waals surface area contributed by atoms with Crippen molar-refractivity contribution in [3.63, 3.8) is 0 Å². The van der Waals surface area contributed by atoms with Gasteiger partial charge in [0.15, 0.2) is 0 Å². The highest BCUT2D eigenvalue weighted by Crippen LogP contribution is 1.65. The van der Waals surface area contributed by atoms with E-state index in [-0.39, 0.29) is 0 Å². The van der Waals surface area contributed by atoms with Gasteiger partial charge in [-0.15, -0.1) is 0 Å². The summed E-state index contributed by atoms with van der Waals surface area (Å²) in [6.45, 7) is 5.66. The summed E-state index contributed by atoms with van der Waals surface area (Å²) in [5, 5.41) is 7.83. The summed E-state index contributed by atoms with van der Waals surface area (Å²) in [7, 11) is 0. The number of allylic oxidation sites excluding steroid dienone is 3. The Morgan fingerprint density at radius 2 is 1.50 bits per heavy atom. The van der Waals surface area contributed by atoms with E-state index in [4.69, 9.17) is 5.11 Å². The molecule has 58 valence electrons. The zero-order valence-corrected chi connectivity index (χ0v) is 6.66. The first kappa shape index (κ1) is 11.7. The van der Waals surface area contributed by atoms with E-state index in [0.717, 1.165) is 6.08 Å². The number of hydrogen-bond donors (Lipinski definition) is 1. The molecule has 0 aliphatic heterocycles. The number of aliphatic carboxylic acids is 1. The monoisotopic (exact) mass is 142 g/mol. The van der Waals surface area contributed by atoms with E-state index in [1.165, 1.54) is 6.08 Å². The molecule has 2 heteroatoms. The Balaban J connectivity index is 0. The predicted molar refractivity (Wildman–Crippen MR) is 42.9 cm³/mol. The van der Waals surface area contributed by atoms with Crippen molar-refractivity contribution in [3.8, 4) is 0 Å². The first-order valence-corrected chi connectivity index (χ1v) is 3.12. The average molecular weight is 142 g/mol. The minimum absolute atomic E-state index is 0.891. The minimum atomic E-state index is -0.891. The van der Waals surface area contributed by atoms with Crippen LogP contribution in [0.1, 0.15) is 20.8 Å². The van der Waals surface area contributed by atoms with E-state index in [1.54, 1.807) is 6.92 Å². The maximum absolute atomic E-state index is 9.51. The normalized spacial score (nSPS) is 9.50. The summed E-state index contributed by atoms with van der Waals surface area (Å²) in [5.74, 6) is -0.891. The summed E-state index contributed by atoms with van der Waals surface area (Å²) >= 11 is 0. The highest BCUT2D eigenvalue weighted by atomic mass is 16.4. The minimum Gasteiger partial charge on any atom is -0.478 e. The van der Waals surface area contributed by atoms with Crippen molar-refractivity contribution in [1.29, 1.82) is 0 Å². The summed E-state index contributed by atoms with van der Waals surface area (Å²) in [6.07, 6.45) is 6.56. The molecule has 1 N–H and O–H groups in total. The van der Waals surface area contributed by atoms with Crippen LogP contribution in [-0.4, -0.2) is 11.1 Å². The molecule has 0 aliphatic carbocycles. The SMILES string of the molecule is C/C=C\C.C/C=C\C(=O)O. The van der Waals surface area contributed by atoms with Gasteiger partial charge < -0.3 is 5.11 Å². The topological polar surface area (TPSA) is 37.3 Å². The van der Waals surface area contributed by atoms with Crippen molar-refractivity contribution in [3.05, 3.63) is 24.3 Å². The predicted octanol–water partition coefficient (Wildman–Crippen LogP) is 2.23. The largest absolute Gasteiger partial charge is 0.478 e. The molecule has 0 saturated carbocycles. The molecule has 2 nitrogen and oxygen atoms in total. The van der Waals surface area contributed by atoms with Gasteiger partial charge >= 0.3 is 5.97 Å². The summed E-state index contributed by atoms with van der Waals surface area (Å²) in [4.78, 5) is 9.51. The van der Waals surface area contributed by atoms with Crippen molar-refractivity contribution in [1.82, 2.24) is 0 Å². The second-order valence-corrected chi connectivity index (χ2v) is 1.50. The molecule has 0 unspecified atom stereocenters. The van der Waals surface area contributed by atoms with E-state index in [1.807, 2.05) is 26.0 Å². The molecule has 10 heavy (non-hydrogen) atoms. The lowest BCUT2D eigenvalue weighted by Gasteiger charge is -1.68. The van der Waals surface area contributed by atoms with Gasteiger partial charge in [0, 0.05) is 6.08 Å². The van der Waals surface area contributed by atoms with Gasteiger partial charge in [0.25, 0.3) is 0 Å². The Bertz CT molecular complexity index is 119. The summed E-state index contributed by atoms with van der Waals surface area (Å²) < 4.78 is 0. The summed E-state index contributed by atoms with van der Waals surface area (Å²) in [6, 6.07) is 0. The molecule has 0 saturated heterocycles. The fraction of sp³-hybridized carbons (Fsp3) is 0.375. The molecule has 0 radical (unpaired) electrons. The van der Waals surface area contributed by atoms with Gasteiger partial charge in [0.1, 0.15) is 0 Å². The van der Waals surface area contributed by atoms with Crippen LogP contribution in [0.25, 0.3) is 0 Å². The fourth-order valence-electron chi connectivity index (χ4n) is 0.143. The van der Waals surface area contributed by atoms with Crippen molar-refractivity contribution in [2.75, 3.05) is 0 Å². The van der Waals surface area contributed by atoms with Crippen LogP contribution in [0.2, 0.25) is 0 Å². The quantitative estimate of drug-likeness (QED) is 0.450. The molecule has 0 aromatic heterocycles. The lowest BCUT2D eigenvalue weighted by atomic mass is 10.5. The van der Waals surface area contributed by atoms with Gasteiger partial charge in [-0.05, 0) is 20.8 Å². The number of carboxylic acids is 1. The highest BCUT2D eigenvalue weighted by Gasteiger charge is 1.76. The van der Waals surface area contributed by atoms with Crippen LogP contribution in [-0.2, 0) is 4.79 Å². The molecular formula is C8H14O2. The molecule has 0 atom stereocenters. The molecule has 0 aliphatic rings. The Kier molecular flexibility index (Phi) is 12.7. The van der Waals surface area contributed by atoms with Crippen LogP contribution in [0.4, 0.5) is 0 Å². The number of carboxylic acid groups (broad SMARTS) is 1. The third kappa shape index (κ3) is 28.3. The van der Waals surface area contributed by atoms with E-state index >= 15 is 0 Å². The van der Waals surface area contributed by atoms with Crippen LogP contribution in [0.5, 0.6) is 0 Å². The van der Waals surface area contributed by atoms with Gasteiger partial charge in [0.2, 0.25) is 0 Å². The van der Waals surface area contributed by atoms with Crippen LogP contribution >= 0.6 is 0 Å². The maximum Gasteiger partial charge on any atom is 0.327 e. The van der Waals surface area contributed by atoms with Crippen LogP contribution < -0.4 is 0 Å². The second-order valence-electron chi connectivity index (χ2n) is 1.50. The second kappa shape index (κ2) is 10.8. The van der Waals surface area contributed by atoms with E-state index in [0.29, 0.717) is 0 Å². The van der Waals surface area contributed by atoms with E-state index in [2.05, 4.69) is 0 Å². The fourth-order valence-corrected chi connectivity index (χ4v) is 0.143. The van der Waals surface area contributed by atoms with Crippen LogP contribution in [0.15, 0.2) is 24.3 Å². The molecule has 0 bridgehead atoms. The molecule has 0 fully saturated rings. The summed E-state index contributed by atoms with van der Waals surface area (Å²) in [5.41, 5.74) is 0. The van der Waals surface area contributed by atoms with Gasteiger partial charge in [-0.1, -0.05) is 18.2 Å². The van der Waals surface area contributed by atoms with Crippen molar-refractivity contribution in [2.24, 2.45) is 0 Å². The Hall–Kier alpha value is -1.05. The molecule has 0 heterocycles. The van der Waals surface area contributed by atoms with Gasteiger partial charge in [-0.25, -0.2) is 4.79 Å². The van der Waals surface area contributed by atoms with Crippen LogP contribution in [0.3, 0.4) is 0 Å². The third-order valence-corrected chi connectivity index (χ3v) is 0.643. The average Bonchev–Trinajstić information content (AvgIpc) is 1.89. The lowest BCUT2D eigenvalue weighted by molar-refractivity contribution is -0.131. The smallest absolute Gasteiger partial charge is 0.327 e. The van der Waals surface area contributed by atoms with E-state index in [9.17, 15) is 4.79 Å². The maximum atomic E-state index is 9.51. The first-order valence-electron chi connectivity index (χ1n) is 3.12. The number of rotatable bonds is 1.